The normalized spacial score (nSPS) is 11.1. The largest absolute Gasteiger partial charge is 0.382 e. The van der Waals surface area contributed by atoms with Crippen LogP contribution in [0.25, 0.3) is 0 Å². The number of ether oxygens (including phenoxy) is 5. The average molecular weight is 279 g/mol. The van der Waals surface area contributed by atoms with Gasteiger partial charge in [0.15, 0.2) is 0 Å². The van der Waals surface area contributed by atoms with Crippen LogP contribution in [0.1, 0.15) is 6.92 Å². The summed E-state index contributed by atoms with van der Waals surface area (Å²) in [6, 6.07) is 0. The second-order valence-electron chi connectivity index (χ2n) is 3.78. The highest BCUT2D eigenvalue weighted by molar-refractivity contribution is 4.44. The Morgan fingerprint density at radius 2 is 1.11 bits per heavy atom. The summed E-state index contributed by atoms with van der Waals surface area (Å²) >= 11 is 0. The summed E-state index contributed by atoms with van der Waals surface area (Å²) < 4.78 is 26.0. The molecule has 0 unspecified atom stereocenters. The van der Waals surface area contributed by atoms with Crippen LogP contribution in [0.4, 0.5) is 0 Å². The van der Waals surface area contributed by atoms with Gasteiger partial charge in [-0.3, -0.25) is 0 Å². The molecule has 6 nitrogen and oxygen atoms in total. The lowest BCUT2D eigenvalue weighted by atomic mass is 10.6. The Balaban J connectivity index is 2.88. The topological polar surface area (TPSA) is 58.2 Å². The predicted octanol–water partition coefficient (Wildman–Crippen LogP) is 0.309. The van der Waals surface area contributed by atoms with Crippen LogP contribution in [0.5, 0.6) is 0 Å². The summed E-state index contributed by atoms with van der Waals surface area (Å²) in [5.74, 6) is 0. The van der Waals surface area contributed by atoms with Gasteiger partial charge < -0.3 is 29.0 Å². The van der Waals surface area contributed by atoms with Crippen LogP contribution in [0, 0.1) is 0 Å². The molecule has 0 saturated heterocycles. The monoisotopic (exact) mass is 279 g/mol. The molecule has 0 heterocycles. The van der Waals surface area contributed by atoms with Crippen molar-refractivity contribution < 1.29 is 23.7 Å². The van der Waals surface area contributed by atoms with Crippen LogP contribution >= 0.6 is 0 Å². The van der Waals surface area contributed by atoms with Crippen LogP contribution in [0.15, 0.2) is 0 Å². The smallest absolute Gasteiger partial charge is 0.0701 e. The molecule has 0 aromatic carbocycles. The van der Waals surface area contributed by atoms with Crippen LogP contribution in [-0.2, 0) is 23.7 Å². The summed E-state index contributed by atoms with van der Waals surface area (Å²) in [4.78, 5) is 0. The van der Waals surface area contributed by atoms with Crippen molar-refractivity contribution >= 4 is 0 Å². The lowest BCUT2D eigenvalue weighted by molar-refractivity contribution is 0.00399. The fourth-order valence-electron chi connectivity index (χ4n) is 1.24. The molecule has 0 aromatic heterocycles. The Kier molecular flexibility index (Phi) is 17.5. The van der Waals surface area contributed by atoms with E-state index in [9.17, 15) is 0 Å². The molecule has 1 N–H and O–H groups in total. The van der Waals surface area contributed by atoms with Gasteiger partial charge in [-0.15, -0.1) is 0 Å². The van der Waals surface area contributed by atoms with E-state index in [1.807, 2.05) is 6.92 Å². The van der Waals surface area contributed by atoms with E-state index in [0.29, 0.717) is 46.2 Å². The van der Waals surface area contributed by atoms with E-state index in [0.717, 1.165) is 26.3 Å². The van der Waals surface area contributed by atoms with Gasteiger partial charge in [-0.1, -0.05) is 0 Å². The van der Waals surface area contributed by atoms with E-state index in [1.165, 1.54) is 0 Å². The second-order valence-corrected chi connectivity index (χ2v) is 3.78. The average Bonchev–Trinajstić information content (AvgIpc) is 2.43. The van der Waals surface area contributed by atoms with Gasteiger partial charge in [0.1, 0.15) is 0 Å². The molecule has 0 radical (unpaired) electrons. The van der Waals surface area contributed by atoms with Gasteiger partial charge in [0.25, 0.3) is 0 Å². The highest BCUT2D eigenvalue weighted by atomic mass is 16.6. The first kappa shape index (κ1) is 18.8. The quantitative estimate of drug-likeness (QED) is 0.410. The molecule has 0 amide bonds. The van der Waals surface area contributed by atoms with E-state index < -0.39 is 0 Å². The molecule has 0 aromatic rings. The molecular weight excluding hydrogens is 250 g/mol. The molecule has 6 heteroatoms. The van der Waals surface area contributed by atoms with Crippen molar-refractivity contribution in [2.75, 3.05) is 79.7 Å². The number of hydrogen-bond acceptors (Lipinski definition) is 6. The third-order valence-electron chi connectivity index (χ3n) is 2.23. The molecule has 0 aliphatic rings. The van der Waals surface area contributed by atoms with Gasteiger partial charge in [-0.2, -0.15) is 0 Å². The van der Waals surface area contributed by atoms with Crippen LogP contribution in [-0.4, -0.2) is 79.7 Å². The van der Waals surface area contributed by atoms with Crippen molar-refractivity contribution in [1.82, 2.24) is 5.32 Å². The highest BCUT2D eigenvalue weighted by Gasteiger charge is 1.92. The van der Waals surface area contributed by atoms with E-state index >= 15 is 0 Å². The van der Waals surface area contributed by atoms with Crippen LogP contribution in [0.3, 0.4) is 0 Å². The maximum absolute atomic E-state index is 5.40. The molecule has 0 rings (SSSR count). The standard InChI is InChI=1S/C13H29NO5/c1-3-16-6-4-14-5-7-17-10-11-19-13-12-18-9-8-15-2/h14H,3-13H2,1-2H3. The van der Waals surface area contributed by atoms with E-state index in [1.54, 1.807) is 7.11 Å². The first-order valence-corrected chi connectivity index (χ1v) is 6.92. The van der Waals surface area contributed by atoms with Gasteiger partial charge in [0.2, 0.25) is 0 Å². The summed E-state index contributed by atoms with van der Waals surface area (Å²) in [6.07, 6.45) is 0. The maximum Gasteiger partial charge on any atom is 0.0701 e. The molecule has 0 aliphatic carbocycles. The molecule has 0 fully saturated rings. The first-order valence-electron chi connectivity index (χ1n) is 6.92. The lowest BCUT2D eigenvalue weighted by Gasteiger charge is -2.07. The fourth-order valence-corrected chi connectivity index (χ4v) is 1.24. The van der Waals surface area contributed by atoms with Crippen molar-refractivity contribution in [3.63, 3.8) is 0 Å². The summed E-state index contributed by atoms with van der Waals surface area (Å²) in [6.45, 7) is 9.57. The van der Waals surface area contributed by atoms with Crippen molar-refractivity contribution in [1.29, 1.82) is 0 Å². The summed E-state index contributed by atoms with van der Waals surface area (Å²) in [5.41, 5.74) is 0. The second kappa shape index (κ2) is 17.8. The van der Waals surface area contributed by atoms with Crippen molar-refractivity contribution in [2.24, 2.45) is 0 Å². The van der Waals surface area contributed by atoms with Gasteiger partial charge in [-0.05, 0) is 6.92 Å². The van der Waals surface area contributed by atoms with Gasteiger partial charge in [0, 0.05) is 26.8 Å². The molecule has 19 heavy (non-hydrogen) atoms. The number of nitrogens with one attached hydrogen (secondary N) is 1. The van der Waals surface area contributed by atoms with Gasteiger partial charge in [-0.25, -0.2) is 0 Å². The van der Waals surface area contributed by atoms with Crippen molar-refractivity contribution in [2.45, 2.75) is 6.92 Å². The minimum Gasteiger partial charge on any atom is -0.382 e. The Bertz CT molecular complexity index is 144. The van der Waals surface area contributed by atoms with Crippen molar-refractivity contribution in [3.05, 3.63) is 0 Å². The zero-order valence-corrected chi connectivity index (χ0v) is 12.3. The van der Waals surface area contributed by atoms with Crippen LogP contribution < -0.4 is 5.32 Å². The maximum atomic E-state index is 5.40. The molecule has 116 valence electrons. The molecule has 0 spiro atoms. The van der Waals surface area contributed by atoms with E-state index in [2.05, 4.69) is 5.32 Å². The minimum absolute atomic E-state index is 0.597. The third-order valence-corrected chi connectivity index (χ3v) is 2.23. The number of rotatable bonds is 16. The zero-order valence-electron chi connectivity index (χ0n) is 12.3. The molecule has 0 saturated carbocycles. The SMILES string of the molecule is CCOCCNCCOCCOCCOCCOC. The predicted molar refractivity (Wildman–Crippen MR) is 73.7 cm³/mol. The van der Waals surface area contributed by atoms with E-state index in [-0.39, 0.29) is 0 Å². The van der Waals surface area contributed by atoms with E-state index in [4.69, 9.17) is 23.7 Å². The minimum atomic E-state index is 0.597. The molecule has 0 aliphatic heterocycles. The Morgan fingerprint density at radius 1 is 0.632 bits per heavy atom. The fraction of sp³-hybridized carbons (Fsp3) is 1.00. The number of hydrogen-bond donors (Lipinski definition) is 1. The Hall–Kier alpha value is -0.240. The van der Waals surface area contributed by atoms with Gasteiger partial charge >= 0.3 is 0 Å². The van der Waals surface area contributed by atoms with Crippen LogP contribution in [0.2, 0.25) is 0 Å². The summed E-state index contributed by atoms with van der Waals surface area (Å²) in [5, 5.41) is 3.23. The first-order chi connectivity index (χ1) is 9.41. The lowest BCUT2D eigenvalue weighted by Crippen LogP contribution is -2.24. The number of methoxy groups -OCH3 is 1. The highest BCUT2D eigenvalue weighted by Crippen LogP contribution is 1.81. The Labute approximate surface area is 116 Å². The summed E-state index contributed by atoms with van der Waals surface area (Å²) in [7, 11) is 1.66. The molecular formula is C13H29NO5. The third kappa shape index (κ3) is 17.8. The molecule has 0 atom stereocenters. The molecule has 0 bridgehead atoms. The zero-order chi connectivity index (χ0) is 14.0. The van der Waals surface area contributed by atoms with Crippen molar-refractivity contribution in [3.8, 4) is 0 Å². The van der Waals surface area contributed by atoms with Gasteiger partial charge in [0.05, 0.1) is 52.9 Å². The Morgan fingerprint density at radius 3 is 1.63 bits per heavy atom.